The minimum Gasteiger partial charge on any atom is -0.460 e. The number of carbonyl (C=O) groups is 3. The standard InChI is InChI=1S/C35H49N3O9/c1-23(15-11-8-9-12-16-26-20-36-22-47-26)29(40)33(4,5)31(42)37-18-14-10-13-17-27(39)24(2)19-28(45-7)35(44)25(3)30(41)38(6)34(35)21-46-32(34)43/h8-15,17,20,22,24-25,27-29,39-40,44H,16,18-19,21H2,1-7H3,(H,37,42). The number of allylic oxidation sites excluding steroid dienone is 7. The highest BCUT2D eigenvalue weighted by Crippen LogP contribution is 2.51. The number of likely N-dealkylation sites (tertiary alicyclic amines) is 1. The summed E-state index contributed by atoms with van der Waals surface area (Å²) in [6, 6.07) is 0. The molecule has 0 aromatic carbocycles. The molecule has 2 amide bonds. The Hall–Kier alpha value is -3.84. The Kier molecular flexibility index (Phi) is 12.7. The first-order valence-electron chi connectivity index (χ1n) is 15.7. The van der Waals surface area contributed by atoms with Crippen LogP contribution < -0.4 is 5.32 Å². The van der Waals surface area contributed by atoms with Crippen LogP contribution in [-0.4, -0.2) is 99.7 Å². The molecular weight excluding hydrogens is 606 g/mol. The number of rotatable bonds is 16. The van der Waals surface area contributed by atoms with Crippen LogP contribution in [0.2, 0.25) is 0 Å². The van der Waals surface area contributed by atoms with E-state index in [0.717, 1.165) is 5.76 Å². The first kappa shape index (κ1) is 37.6. The number of cyclic esters (lactones) is 1. The molecule has 2 fully saturated rings. The number of oxazole rings is 1. The molecule has 0 saturated carbocycles. The van der Waals surface area contributed by atoms with E-state index in [9.17, 15) is 29.7 Å². The summed E-state index contributed by atoms with van der Waals surface area (Å²) in [5.41, 5.74) is -3.80. The highest BCUT2D eigenvalue weighted by Gasteiger charge is 2.77. The topological polar surface area (TPSA) is 172 Å². The maximum atomic E-state index is 12.9. The Morgan fingerprint density at radius 2 is 1.91 bits per heavy atom. The minimum atomic E-state index is -1.83. The number of likely N-dealkylation sites (N-methyl/N-ethyl adjacent to an activating group) is 1. The van der Waals surface area contributed by atoms with Crippen LogP contribution in [0, 0.1) is 17.3 Å². The van der Waals surface area contributed by atoms with Gasteiger partial charge in [0.2, 0.25) is 17.4 Å². The van der Waals surface area contributed by atoms with Crippen LogP contribution in [0.4, 0.5) is 0 Å². The highest BCUT2D eigenvalue weighted by atomic mass is 16.6. The van der Waals surface area contributed by atoms with Gasteiger partial charge in [-0.1, -0.05) is 68.5 Å². The van der Waals surface area contributed by atoms with Crippen molar-refractivity contribution < 1.29 is 43.6 Å². The van der Waals surface area contributed by atoms with Gasteiger partial charge in [0.15, 0.2) is 6.39 Å². The molecule has 7 unspecified atom stereocenters. The van der Waals surface area contributed by atoms with Crippen molar-refractivity contribution in [2.75, 3.05) is 27.3 Å². The van der Waals surface area contributed by atoms with E-state index in [2.05, 4.69) is 10.3 Å². The molecule has 4 N–H and O–H groups in total. The summed E-state index contributed by atoms with van der Waals surface area (Å²) in [6.45, 7) is 8.54. The van der Waals surface area contributed by atoms with E-state index < -0.39 is 52.7 Å². The Morgan fingerprint density at radius 3 is 2.51 bits per heavy atom. The lowest BCUT2D eigenvalue weighted by molar-refractivity contribution is -0.235. The van der Waals surface area contributed by atoms with Gasteiger partial charge < -0.3 is 39.4 Å². The predicted molar refractivity (Wildman–Crippen MR) is 174 cm³/mol. The average molecular weight is 656 g/mol. The number of amides is 2. The van der Waals surface area contributed by atoms with E-state index >= 15 is 0 Å². The Morgan fingerprint density at radius 1 is 1.21 bits per heavy atom. The summed E-state index contributed by atoms with van der Waals surface area (Å²) in [7, 11) is 2.88. The molecule has 258 valence electrons. The molecule has 47 heavy (non-hydrogen) atoms. The van der Waals surface area contributed by atoms with Gasteiger partial charge in [-0.05, 0) is 38.7 Å². The lowest BCUT2D eigenvalue weighted by Crippen LogP contribution is -2.76. The average Bonchev–Trinajstić information content (AvgIpc) is 3.62. The van der Waals surface area contributed by atoms with Gasteiger partial charge in [-0.3, -0.25) is 9.59 Å². The first-order chi connectivity index (χ1) is 22.2. The third-order valence-electron chi connectivity index (χ3n) is 9.45. The fourth-order valence-electron chi connectivity index (χ4n) is 6.11. The first-order valence-corrected chi connectivity index (χ1v) is 15.7. The SMILES string of the molecule is COC(CC(C)C(O)C=CC=CCNC(=O)C(C)(C)C(O)C(C)=CC=CC=CCc1cnco1)C1(O)C(C)C(=O)N(C)C12COC2=O. The van der Waals surface area contributed by atoms with Crippen LogP contribution in [0.5, 0.6) is 0 Å². The fraction of sp³-hybridized carbons (Fsp3) is 0.543. The summed E-state index contributed by atoms with van der Waals surface area (Å²) in [6.07, 6.45) is 16.7. The number of nitrogens with zero attached hydrogens (tertiary/aromatic N) is 2. The molecule has 1 aromatic rings. The summed E-state index contributed by atoms with van der Waals surface area (Å²) < 4.78 is 15.8. The van der Waals surface area contributed by atoms with E-state index in [1.807, 2.05) is 18.2 Å². The Bertz CT molecular complexity index is 1400. The quantitative estimate of drug-likeness (QED) is 0.153. The van der Waals surface area contributed by atoms with Crippen LogP contribution in [0.1, 0.15) is 46.8 Å². The predicted octanol–water partition coefficient (Wildman–Crippen LogP) is 2.43. The molecule has 3 rings (SSSR count). The normalized spacial score (nSPS) is 26.5. The van der Waals surface area contributed by atoms with Crippen LogP contribution in [0.3, 0.4) is 0 Å². The second-order valence-electron chi connectivity index (χ2n) is 12.9. The summed E-state index contributed by atoms with van der Waals surface area (Å²) in [5.74, 6) is -1.92. The van der Waals surface area contributed by atoms with Crippen LogP contribution in [0.15, 0.2) is 77.3 Å². The summed E-state index contributed by atoms with van der Waals surface area (Å²) in [5, 5.41) is 36.2. The van der Waals surface area contributed by atoms with Crippen molar-refractivity contribution >= 4 is 17.8 Å². The Labute approximate surface area is 276 Å². The highest BCUT2D eigenvalue weighted by molar-refractivity contribution is 5.99. The number of aliphatic hydroxyl groups excluding tert-OH is 2. The molecule has 2 aliphatic heterocycles. The molecular formula is C35H49N3O9. The van der Waals surface area contributed by atoms with Gasteiger partial charge in [0.1, 0.15) is 18.0 Å². The van der Waals surface area contributed by atoms with Crippen LogP contribution in [-0.2, 0) is 30.3 Å². The summed E-state index contributed by atoms with van der Waals surface area (Å²) in [4.78, 5) is 43.3. The zero-order valence-corrected chi connectivity index (χ0v) is 28.3. The second kappa shape index (κ2) is 15.8. The number of nitrogens with one attached hydrogen (secondary N) is 1. The number of hydrogen-bond donors (Lipinski definition) is 4. The lowest BCUT2D eigenvalue weighted by Gasteiger charge is -2.51. The molecule has 1 spiro atoms. The van der Waals surface area contributed by atoms with Gasteiger partial charge >= 0.3 is 5.97 Å². The lowest BCUT2D eigenvalue weighted by atomic mass is 9.68. The second-order valence-corrected chi connectivity index (χ2v) is 12.9. The maximum absolute atomic E-state index is 12.9. The molecule has 12 heteroatoms. The summed E-state index contributed by atoms with van der Waals surface area (Å²) >= 11 is 0. The smallest absolute Gasteiger partial charge is 0.338 e. The molecule has 0 bridgehead atoms. The zero-order chi connectivity index (χ0) is 35.0. The molecule has 0 radical (unpaired) electrons. The molecule has 2 aliphatic rings. The third-order valence-corrected chi connectivity index (χ3v) is 9.45. The van der Waals surface area contributed by atoms with Crippen molar-refractivity contribution in [2.24, 2.45) is 17.3 Å². The van der Waals surface area contributed by atoms with E-state index in [1.54, 1.807) is 77.3 Å². The largest absolute Gasteiger partial charge is 0.460 e. The van der Waals surface area contributed by atoms with Crippen molar-refractivity contribution in [3.05, 3.63) is 78.6 Å². The van der Waals surface area contributed by atoms with Crippen molar-refractivity contribution in [1.82, 2.24) is 15.2 Å². The van der Waals surface area contributed by atoms with Gasteiger partial charge in [-0.2, -0.15) is 0 Å². The molecule has 12 nitrogen and oxygen atoms in total. The zero-order valence-electron chi connectivity index (χ0n) is 28.3. The van der Waals surface area contributed by atoms with Gasteiger partial charge in [-0.25, -0.2) is 9.78 Å². The van der Waals surface area contributed by atoms with E-state index in [-0.39, 0.29) is 31.4 Å². The Balaban J connectivity index is 1.48. The molecule has 1 aromatic heterocycles. The minimum absolute atomic E-state index is 0.124. The third kappa shape index (κ3) is 7.67. The van der Waals surface area contributed by atoms with E-state index in [4.69, 9.17) is 13.9 Å². The van der Waals surface area contributed by atoms with Crippen LogP contribution in [0.25, 0.3) is 0 Å². The van der Waals surface area contributed by atoms with E-state index in [0.29, 0.717) is 12.0 Å². The van der Waals surface area contributed by atoms with Crippen molar-refractivity contribution in [3.63, 3.8) is 0 Å². The van der Waals surface area contributed by atoms with Gasteiger partial charge in [0, 0.05) is 27.1 Å². The van der Waals surface area contributed by atoms with Crippen molar-refractivity contribution in [2.45, 2.75) is 76.9 Å². The van der Waals surface area contributed by atoms with Gasteiger partial charge in [0.05, 0.1) is 35.8 Å². The van der Waals surface area contributed by atoms with Crippen molar-refractivity contribution in [1.29, 1.82) is 0 Å². The number of carbonyl (C=O) groups excluding carboxylic acids is 3. The number of methoxy groups -OCH3 is 1. The fourth-order valence-corrected chi connectivity index (χ4v) is 6.11. The monoisotopic (exact) mass is 655 g/mol. The maximum Gasteiger partial charge on any atom is 0.338 e. The molecule has 7 atom stereocenters. The van der Waals surface area contributed by atoms with Crippen molar-refractivity contribution in [3.8, 4) is 0 Å². The van der Waals surface area contributed by atoms with Gasteiger partial charge in [0.25, 0.3) is 0 Å². The molecule has 0 aliphatic carbocycles. The molecule has 3 heterocycles. The molecule has 2 saturated heterocycles. The number of ether oxygens (including phenoxy) is 2. The van der Waals surface area contributed by atoms with Crippen LogP contribution >= 0.6 is 0 Å². The number of aromatic nitrogens is 1. The number of aliphatic hydroxyl groups is 3. The van der Waals surface area contributed by atoms with Gasteiger partial charge in [-0.15, -0.1) is 0 Å². The number of esters is 1. The van der Waals surface area contributed by atoms with E-state index in [1.165, 1.54) is 25.5 Å². The number of hydrogen-bond acceptors (Lipinski definition) is 10.